The minimum atomic E-state index is 0.338. The minimum absolute atomic E-state index is 0.338. The molecule has 0 aliphatic heterocycles. The Kier molecular flexibility index (Phi) is 1.41. The third-order valence-electron chi connectivity index (χ3n) is 3.32. The van der Waals surface area contributed by atoms with E-state index in [1.807, 2.05) is 0 Å². The highest BCUT2D eigenvalue weighted by molar-refractivity contribution is 5.80. The van der Waals surface area contributed by atoms with E-state index in [0.29, 0.717) is 29.5 Å². The number of allylic oxidation sites excluding steroid dienone is 2. The van der Waals surface area contributed by atoms with Crippen LogP contribution in [0.1, 0.15) is 20.3 Å². The third kappa shape index (κ3) is 0.867. The van der Waals surface area contributed by atoms with Crippen molar-refractivity contribution in [1.29, 1.82) is 0 Å². The number of ketones is 1. The summed E-state index contributed by atoms with van der Waals surface area (Å²) < 4.78 is 0. The summed E-state index contributed by atoms with van der Waals surface area (Å²) in [5, 5.41) is 0. The summed E-state index contributed by atoms with van der Waals surface area (Å²) in [5.41, 5.74) is 0. The lowest BCUT2D eigenvalue weighted by atomic mass is 9.82. The number of rotatable bonds is 1. The molecule has 1 nitrogen and oxygen atoms in total. The molecule has 0 amide bonds. The molecular formula is C10H14O. The fourth-order valence-corrected chi connectivity index (χ4v) is 2.74. The van der Waals surface area contributed by atoms with Crippen LogP contribution in [0.4, 0.5) is 0 Å². The molecule has 0 heterocycles. The van der Waals surface area contributed by atoms with Gasteiger partial charge in [-0.3, -0.25) is 4.79 Å². The fourth-order valence-electron chi connectivity index (χ4n) is 2.74. The Bertz CT molecular complexity index is 217. The summed E-state index contributed by atoms with van der Waals surface area (Å²) in [7, 11) is 0. The zero-order valence-corrected chi connectivity index (χ0v) is 7.08. The Morgan fingerprint density at radius 1 is 1.36 bits per heavy atom. The molecule has 0 aromatic carbocycles. The molecule has 0 N–H and O–H groups in total. The second-order valence-corrected chi connectivity index (χ2v) is 3.94. The van der Waals surface area contributed by atoms with Gasteiger partial charge in [-0.05, 0) is 31.1 Å². The maximum absolute atomic E-state index is 11.2. The second-order valence-electron chi connectivity index (χ2n) is 3.94. The predicted molar refractivity (Wildman–Crippen MR) is 44.1 cm³/mol. The molecule has 2 aliphatic rings. The van der Waals surface area contributed by atoms with E-state index in [-0.39, 0.29) is 0 Å². The number of carbonyl (C=O) groups is 1. The van der Waals surface area contributed by atoms with Crippen LogP contribution < -0.4 is 0 Å². The quantitative estimate of drug-likeness (QED) is 0.523. The summed E-state index contributed by atoms with van der Waals surface area (Å²) in [5.74, 6) is 2.60. The Morgan fingerprint density at radius 3 is 2.36 bits per heavy atom. The van der Waals surface area contributed by atoms with Crippen molar-refractivity contribution in [3.63, 3.8) is 0 Å². The molecule has 0 spiro atoms. The molecule has 1 saturated carbocycles. The number of Topliss-reactive ketones (excluding diaryl/α,β-unsaturated/α-hetero) is 1. The van der Waals surface area contributed by atoms with Crippen molar-refractivity contribution in [3.05, 3.63) is 12.2 Å². The van der Waals surface area contributed by atoms with E-state index >= 15 is 0 Å². The fraction of sp³-hybridized carbons (Fsp3) is 0.700. The normalized spacial score (nSPS) is 46.7. The molecule has 2 bridgehead atoms. The Hall–Kier alpha value is -0.590. The molecule has 1 fully saturated rings. The topological polar surface area (TPSA) is 17.1 Å². The first-order chi connectivity index (χ1) is 5.20. The lowest BCUT2D eigenvalue weighted by molar-refractivity contribution is -0.122. The zero-order valence-electron chi connectivity index (χ0n) is 7.08. The van der Waals surface area contributed by atoms with Crippen LogP contribution in [0.2, 0.25) is 0 Å². The number of hydrogen-bond donors (Lipinski definition) is 0. The largest absolute Gasteiger partial charge is 0.300 e. The maximum atomic E-state index is 11.2. The molecule has 0 aromatic heterocycles. The highest BCUT2D eigenvalue weighted by Crippen LogP contribution is 2.47. The van der Waals surface area contributed by atoms with Gasteiger partial charge in [0.15, 0.2) is 0 Å². The number of carbonyl (C=O) groups excluding carboxylic acids is 1. The van der Waals surface area contributed by atoms with E-state index in [1.54, 1.807) is 6.92 Å². The minimum Gasteiger partial charge on any atom is -0.300 e. The van der Waals surface area contributed by atoms with Crippen molar-refractivity contribution < 1.29 is 4.79 Å². The molecule has 60 valence electrons. The molecule has 4 atom stereocenters. The van der Waals surface area contributed by atoms with Gasteiger partial charge in [-0.2, -0.15) is 0 Å². The Labute approximate surface area is 67.5 Å². The van der Waals surface area contributed by atoms with E-state index in [1.165, 1.54) is 6.42 Å². The van der Waals surface area contributed by atoms with E-state index in [9.17, 15) is 4.79 Å². The number of hydrogen-bond acceptors (Lipinski definition) is 1. The first-order valence-corrected chi connectivity index (χ1v) is 4.39. The molecule has 2 rings (SSSR count). The van der Waals surface area contributed by atoms with Crippen LogP contribution in [0.25, 0.3) is 0 Å². The average Bonchev–Trinajstić information content (AvgIpc) is 2.44. The molecule has 1 heteroatoms. The molecule has 0 radical (unpaired) electrons. The maximum Gasteiger partial charge on any atom is 0.133 e. The number of fused-ring (bicyclic) bond motifs is 2. The van der Waals surface area contributed by atoms with Gasteiger partial charge in [0.05, 0.1) is 0 Å². The summed E-state index contributed by atoms with van der Waals surface area (Å²) in [6.07, 6.45) is 5.75. The van der Waals surface area contributed by atoms with Gasteiger partial charge in [0, 0.05) is 5.92 Å². The van der Waals surface area contributed by atoms with Crippen LogP contribution in [-0.2, 0) is 4.79 Å². The van der Waals surface area contributed by atoms with E-state index < -0.39 is 0 Å². The molecule has 11 heavy (non-hydrogen) atoms. The van der Waals surface area contributed by atoms with Crippen LogP contribution in [0.5, 0.6) is 0 Å². The van der Waals surface area contributed by atoms with Gasteiger partial charge >= 0.3 is 0 Å². The molecule has 0 saturated heterocycles. The predicted octanol–water partition coefficient (Wildman–Crippen LogP) is 2.03. The molecule has 0 unspecified atom stereocenters. The lowest BCUT2D eigenvalue weighted by Gasteiger charge is -2.21. The Morgan fingerprint density at radius 2 is 2.00 bits per heavy atom. The van der Waals surface area contributed by atoms with Crippen LogP contribution in [0, 0.1) is 23.7 Å². The Balaban J connectivity index is 2.25. The zero-order chi connectivity index (χ0) is 8.01. The smallest absolute Gasteiger partial charge is 0.133 e. The first kappa shape index (κ1) is 7.08. The van der Waals surface area contributed by atoms with E-state index in [4.69, 9.17) is 0 Å². The van der Waals surface area contributed by atoms with Crippen molar-refractivity contribution in [2.45, 2.75) is 20.3 Å². The standard InChI is InChI=1S/C10H14O/c1-6-8-3-4-9(5-8)10(6)7(2)11/h3-4,6,8-10H,5H2,1-2H3/t6-,8+,9+,10-/m0/s1. The summed E-state index contributed by atoms with van der Waals surface area (Å²) in [4.78, 5) is 11.2. The van der Waals surface area contributed by atoms with Gasteiger partial charge in [0.1, 0.15) is 5.78 Å². The second kappa shape index (κ2) is 2.20. The molecule has 0 aromatic rings. The van der Waals surface area contributed by atoms with E-state index in [2.05, 4.69) is 19.1 Å². The highest BCUT2D eigenvalue weighted by atomic mass is 16.1. The first-order valence-electron chi connectivity index (χ1n) is 4.39. The highest BCUT2D eigenvalue weighted by Gasteiger charge is 2.43. The lowest BCUT2D eigenvalue weighted by Crippen LogP contribution is -2.23. The molecule has 2 aliphatic carbocycles. The van der Waals surface area contributed by atoms with Crippen molar-refractivity contribution in [2.24, 2.45) is 23.7 Å². The third-order valence-corrected chi connectivity index (χ3v) is 3.32. The van der Waals surface area contributed by atoms with Gasteiger partial charge < -0.3 is 0 Å². The van der Waals surface area contributed by atoms with Crippen molar-refractivity contribution in [1.82, 2.24) is 0 Å². The SMILES string of the molecule is CC(=O)[C@@H]1[C@@H](C)[C@@H]2C=C[C@@H]1C2. The van der Waals surface area contributed by atoms with Gasteiger partial charge in [-0.1, -0.05) is 19.1 Å². The summed E-state index contributed by atoms with van der Waals surface area (Å²) in [6.45, 7) is 3.94. The van der Waals surface area contributed by atoms with Crippen molar-refractivity contribution in [2.75, 3.05) is 0 Å². The van der Waals surface area contributed by atoms with Crippen molar-refractivity contribution >= 4 is 5.78 Å². The van der Waals surface area contributed by atoms with Crippen LogP contribution in [0.15, 0.2) is 12.2 Å². The van der Waals surface area contributed by atoms with Gasteiger partial charge in [0.25, 0.3) is 0 Å². The summed E-state index contributed by atoms with van der Waals surface area (Å²) in [6, 6.07) is 0. The van der Waals surface area contributed by atoms with E-state index in [0.717, 1.165) is 0 Å². The van der Waals surface area contributed by atoms with Gasteiger partial charge in [-0.15, -0.1) is 0 Å². The van der Waals surface area contributed by atoms with Gasteiger partial charge in [-0.25, -0.2) is 0 Å². The molecular weight excluding hydrogens is 136 g/mol. The van der Waals surface area contributed by atoms with Crippen LogP contribution in [-0.4, -0.2) is 5.78 Å². The van der Waals surface area contributed by atoms with Crippen LogP contribution in [0.3, 0.4) is 0 Å². The van der Waals surface area contributed by atoms with Crippen LogP contribution >= 0.6 is 0 Å². The monoisotopic (exact) mass is 150 g/mol. The summed E-state index contributed by atoms with van der Waals surface area (Å²) >= 11 is 0. The average molecular weight is 150 g/mol. The van der Waals surface area contributed by atoms with Crippen molar-refractivity contribution in [3.8, 4) is 0 Å². The van der Waals surface area contributed by atoms with Gasteiger partial charge in [0.2, 0.25) is 0 Å².